The molecule has 2 aliphatic rings. The molecule has 2 saturated heterocycles. The number of aromatic nitrogens is 2. The van der Waals surface area contributed by atoms with Crippen LogP contribution in [0.4, 0.5) is 15.0 Å². The van der Waals surface area contributed by atoms with Gasteiger partial charge in [0.05, 0.1) is 35.5 Å². The molecule has 4 heterocycles. The number of benzene rings is 2. The molecule has 0 spiro atoms. The number of hydrogen-bond donors (Lipinski definition) is 1. The first-order chi connectivity index (χ1) is 18.0. The van der Waals surface area contributed by atoms with Crippen molar-refractivity contribution in [1.29, 1.82) is 0 Å². The number of carbonyl (C=O) groups is 1. The second-order valence-corrected chi connectivity index (χ2v) is 10.7. The second-order valence-electron chi connectivity index (χ2n) is 9.67. The Balaban J connectivity index is 1.20. The molecule has 37 heavy (non-hydrogen) atoms. The summed E-state index contributed by atoms with van der Waals surface area (Å²) >= 11 is 1.62. The van der Waals surface area contributed by atoms with Crippen LogP contribution < -0.4 is 15.0 Å². The highest BCUT2D eigenvalue weighted by Crippen LogP contribution is 2.39. The Morgan fingerprint density at radius 2 is 1.86 bits per heavy atom. The Morgan fingerprint density at radius 3 is 2.59 bits per heavy atom. The zero-order valence-corrected chi connectivity index (χ0v) is 21.5. The number of hydrogen-bond acceptors (Lipinski definition) is 6. The number of anilines is 1. The van der Waals surface area contributed by atoms with E-state index < -0.39 is 0 Å². The van der Waals surface area contributed by atoms with Crippen molar-refractivity contribution in [3.05, 3.63) is 72.3 Å². The van der Waals surface area contributed by atoms with Crippen LogP contribution in [0.1, 0.15) is 31.4 Å². The van der Waals surface area contributed by atoms with Gasteiger partial charge in [0.1, 0.15) is 23.7 Å². The molecular formula is C28H28FN5O2S. The van der Waals surface area contributed by atoms with E-state index in [0.29, 0.717) is 0 Å². The Labute approximate surface area is 218 Å². The normalized spacial score (nSPS) is 19.8. The van der Waals surface area contributed by atoms with Crippen LogP contribution in [0, 0.1) is 5.82 Å². The SMILES string of the molecule is COc1cccc([C@H](C)NC(=O)N2C3CCC2CN(c2ncnc4cc(-c5ccc(F)cc5)sc24)C3)c1. The van der Waals surface area contributed by atoms with Crippen molar-refractivity contribution in [3.8, 4) is 16.2 Å². The van der Waals surface area contributed by atoms with Gasteiger partial charge in [0.25, 0.3) is 0 Å². The quantitative estimate of drug-likeness (QED) is 0.372. The maximum Gasteiger partial charge on any atom is 0.318 e. The molecule has 4 aromatic rings. The first-order valence-electron chi connectivity index (χ1n) is 12.5. The zero-order chi connectivity index (χ0) is 25.5. The largest absolute Gasteiger partial charge is 0.497 e. The van der Waals surface area contributed by atoms with E-state index in [0.717, 1.165) is 63.7 Å². The fraction of sp³-hybridized carbons (Fsp3) is 0.321. The van der Waals surface area contributed by atoms with Crippen LogP contribution in [0.15, 0.2) is 60.9 Å². The summed E-state index contributed by atoms with van der Waals surface area (Å²) < 4.78 is 19.8. The fourth-order valence-corrected chi connectivity index (χ4v) is 6.62. The number of amides is 2. The molecule has 9 heteroatoms. The standard InChI is InChI=1S/C28H28FN5O2S/c1-17(19-4-3-5-23(12-19)36-2)32-28(35)34-21-10-11-22(34)15-33(14-21)27-26-24(30-16-31-27)13-25(37-26)18-6-8-20(29)9-7-18/h3-9,12-13,16-17,21-22H,10-11,14-15H2,1-2H3,(H,32,35)/t17-,21?,22?/m0/s1. The third kappa shape index (κ3) is 4.48. The average molecular weight is 518 g/mol. The van der Waals surface area contributed by atoms with E-state index in [1.165, 1.54) is 12.1 Å². The lowest BCUT2D eigenvalue weighted by molar-refractivity contribution is 0.159. The number of urea groups is 1. The molecule has 0 saturated carbocycles. The van der Waals surface area contributed by atoms with Crippen LogP contribution >= 0.6 is 11.3 Å². The maximum atomic E-state index is 13.4. The lowest BCUT2D eigenvalue weighted by atomic mass is 10.1. The van der Waals surface area contributed by atoms with Crippen LogP contribution in [0.5, 0.6) is 5.75 Å². The van der Waals surface area contributed by atoms with Gasteiger partial charge in [-0.1, -0.05) is 24.3 Å². The number of methoxy groups -OCH3 is 1. The van der Waals surface area contributed by atoms with Crippen molar-refractivity contribution >= 4 is 33.4 Å². The topological polar surface area (TPSA) is 70.6 Å². The van der Waals surface area contributed by atoms with Gasteiger partial charge in [-0.05, 0) is 61.2 Å². The summed E-state index contributed by atoms with van der Waals surface area (Å²) in [7, 11) is 1.64. The summed E-state index contributed by atoms with van der Waals surface area (Å²) in [6.07, 6.45) is 3.55. The molecule has 2 aliphatic heterocycles. The molecule has 3 atom stereocenters. The van der Waals surface area contributed by atoms with Gasteiger partial charge >= 0.3 is 6.03 Å². The summed E-state index contributed by atoms with van der Waals surface area (Å²) in [5, 5.41) is 3.19. The van der Waals surface area contributed by atoms with Crippen molar-refractivity contribution in [1.82, 2.24) is 20.2 Å². The number of nitrogens with zero attached hydrogens (tertiary/aromatic N) is 4. The molecule has 6 rings (SSSR count). The van der Waals surface area contributed by atoms with Crippen molar-refractivity contribution in [3.63, 3.8) is 0 Å². The third-order valence-electron chi connectivity index (χ3n) is 7.37. The molecule has 2 unspecified atom stereocenters. The van der Waals surface area contributed by atoms with Gasteiger partial charge in [-0.15, -0.1) is 11.3 Å². The number of ether oxygens (including phenoxy) is 1. The molecule has 2 amide bonds. The Bertz CT molecular complexity index is 1430. The number of halogens is 1. The van der Waals surface area contributed by atoms with Gasteiger partial charge in [0, 0.05) is 18.0 Å². The first kappa shape index (κ1) is 23.7. The van der Waals surface area contributed by atoms with Crippen molar-refractivity contribution in [2.75, 3.05) is 25.1 Å². The first-order valence-corrected chi connectivity index (χ1v) is 13.3. The maximum absolute atomic E-state index is 13.4. The summed E-state index contributed by atoms with van der Waals surface area (Å²) in [6.45, 7) is 3.46. The minimum absolute atomic E-state index is 0.0231. The van der Waals surface area contributed by atoms with Crippen molar-refractivity contribution < 1.29 is 13.9 Å². The number of thiophene rings is 1. The summed E-state index contributed by atoms with van der Waals surface area (Å²) in [5.41, 5.74) is 2.85. The second kappa shape index (κ2) is 9.63. The zero-order valence-electron chi connectivity index (χ0n) is 20.7. The molecule has 190 valence electrons. The summed E-state index contributed by atoms with van der Waals surface area (Å²) in [4.78, 5) is 27.9. The van der Waals surface area contributed by atoms with Gasteiger partial charge in [-0.2, -0.15) is 0 Å². The molecule has 2 aromatic carbocycles. The Morgan fingerprint density at radius 1 is 1.11 bits per heavy atom. The van der Waals surface area contributed by atoms with Gasteiger partial charge in [-0.3, -0.25) is 0 Å². The predicted octanol–water partition coefficient (Wildman–Crippen LogP) is 5.63. The van der Waals surface area contributed by atoms with Crippen LogP contribution in [-0.2, 0) is 0 Å². The predicted molar refractivity (Wildman–Crippen MR) is 144 cm³/mol. The van der Waals surface area contributed by atoms with E-state index in [1.807, 2.05) is 42.2 Å². The summed E-state index contributed by atoms with van der Waals surface area (Å²) in [6, 6.07) is 16.5. The minimum Gasteiger partial charge on any atom is -0.497 e. The van der Waals surface area contributed by atoms with Gasteiger partial charge in [0.15, 0.2) is 0 Å². The van der Waals surface area contributed by atoms with E-state index in [9.17, 15) is 9.18 Å². The lowest BCUT2D eigenvalue weighted by Gasteiger charge is -2.42. The molecule has 1 N–H and O–H groups in total. The molecule has 2 bridgehead atoms. The number of nitrogens with one attached hydrogen (secondary N) is 1. The van der Waals surface area contributed by atoms with Crippen molar-refractivity contribution in [2.45, 2.75) is 37.9 Å². The van der Waals surface area contributed by atoms with E-state index in [1.54, 1.807) is 36.9 Å². The Hall–Kier alpha value is -3.72. The highest BCUT2D eigenvalue weighted by Gasteiger charge is 2.43. The molecule has 0 radical (unpaired) electrons. The molecule has 2 aromatic heterocycles. The number of fused-ring (bicyclic) bond motifs is 3. The van der Waals surface area contributed by atoms with Crippen LogP contribution in [0.2, 0.25) is 0 Å². The van der Waals surface area contributed by atoms with Crippen LogP contribution in [0.3, 0.4) is 0 Å². The van der Waals surface area contributed by atoms with E-state index >= 15 is 0 Å². The molecular weight excluding hydrogens is 489 g/mol. The molecule has 2 fully saturated rings. The summed E-state index contributed by atoms with van der Waals surface area (Å²) in [5.74, 6) is 1.44. The Kier molecular flexibility index (Phi) is 6.16. The number of piperazine rings is 1. The highest BCUT2D eigenvalue weighted by atomic mass is 32.1. The number of rotatable bonds is 5. The highest BCUT2D eigenvalue weighted by molar-refractivity contribution is 7.22. The smallest absolute Gasteiger partial charge is 0.318 e. The molecule has 0 aliphatic carbocycles. The van der Waals surface area contributed by atoms with E-state index in [4.69, 9.17) is 4.74 Å². The fourth-order valence-electron chi connectivity index (χ4n) is 5.49. The van der Waals surface area contributed by atoms with Crippen LogP contribution in [-0.4, -0.2) is 53.2 Å². The van der Waals surface area contributed by atoms with Crippen molar-refractivity contribution in [2.24, 2.45) is 0 Å². The minimum atomic E-state index is -0.249. The molecule has 7 nitrogen and oxygen atoms in total. The number of carbonyl (C=O) groups excluding carboxylic acids is 1. The van der Waals surface area contributed by atoms with Gasteiger partial charge in [-0.25, -0.2) is 19.2 Å². The van der Waals surface area contributed by atoms with E-state index in [-0.39, 0.29) is 30.0 Å². The lowest BCUT2D eigenvalue weighted by Crippen LogP contribution is -2.58. The third-order valence-corrected chi connectivity index (χ3v) is 8.54. The van der Waals surface area contributed by atoms with E-state index in [2.05, 4.69) is 20.2 Å². The monoisotopic (exact) mass is 517 g/mol. The van der Waals surface area contributed by atoms with Gasteiger partial charge < -0.3 is 19.9 Å². The average Bonchev–Trinajstić information content (AvgIpc) is 3.47. The van der Waals surface area contributed by atoms with Crippen LogP contribution in [0.25, 0.3) is 20.7 Å². The van der Waals surface area contributed by atoms with Gasteiger partial charge in [0.2, 0.25) is 0 Å².